The first-order valence-corrected chi connectivity index (χ1v) is 9.60. The first-order chi connectivity index (χ1) is 11.6. The van der Waals surface area contributed by atoms with Crippen LogP contribution < -0.4 is 10.0 Å². The maximum absolute atomic E-state index is 12.4. The van der Waals surface area contributed by atoms with Crippen molar-refractivity contribution >= 4 is 33.2 Å². The Balaban J connectivity index is 2.14. The van der Waals surface area contributed by atoms with Crippen LogP contribution in [0.3, 0.4) is 0 Å². The van der Waals surface area contributed by atoms with Gasteiger partial charge < -0.3 is 5.32 Å². The lowest BCUT2D eigenvalue weighted by atomic mass is 10.1. The standard InChI is InChI=1S/C18H21ClN2O3S/c1-18(2,3)21-25(23,24)15-9-6-8-14(12-15)20-17(22)11-13-7-4-5-10-16(13)19/h4-10,12,21H,11H2,1-3H3,(H,20,22). The first kappa shape index (κ1) is 19.4. The average molecular weight is 381 g/mol. The lowest BCUT2D eigenvalue weighted by molar-refractivity contribution is -0.115. The van der Waals surface area contributed by atoms with Crippen LogP contribution in [-0.4, -0.2) is 19.9 Å². The molecule has 5 nitrogen and oxygen atoms in total. The highest BCUT2D eigenvalue weighted by molar-refractivity contribution is 7.89. The highest BCUT2D eigenvalue weighted by Crippen LogP contribution is 2.19. The van der Waals surface area contributed by atoms with Crippen LogP contribution in [0.4, 0.5) is 5.69 Å². The van der Waals surface area contributed by atoms with Crippen LogP contribution in [0.5, 0.6) is 0 Å². The van der Waals surface area contributed by atoms with Crippen LogP contribution in [0.1, 0.15) is 26.3 Å². The van der Waals surface area contributed by atoms with Crippen molar-refractivity contribution in [1.29, 1.82) is 0 Å². The third-order valence-electron chi connectivity index (χ3n) is 3.18. The number of carbonyl (C=O) groups is 1. The van der Waals surface area contributed by atoms with E-state index in [0.29, 0.717) is 16.3 Å². The molecule has 2 N–H and O–H groups in total. The molecule has 2 aromatic rings. The Morgan fingerprint density at radius 2 is 1.76 bits per heavy atom. The molecule has 0 fully saturated rings. The molecule has 0 aliphatic carbocycles. The maximum atomic E-state index is 12.4. The van der Waals surface area contributed by atoms with E-state index in [1.54, 1.807) is 57.2 Å². The molecule has 0 heterocycles. The van der Waals surface area contributed by atoms with Crippen molar-refractivity contribution in [2.24, 2.45) is 0 Å². The van der Waals surface area contributed by atoms with Crippen LogP contribution in [0, 0.1) is 0 Å². The number of hydrogen-bond acceptors (Lipinski definition) is 3. The molecule has 0 bridgehead atoms. The highest BCUT2D eigenvalue weighted by Gasteiger charge is 2.22. The third kappa shape index (κ3) is 5.85. The first-order valence-electron chi connectivity index (χ1n) is 7.74. The molecular formula is C18H21ClN2O3S. The Labute approximate surface area is 153 Å². The Hall–Kier alpha value is -1.89. The lowest BCUT2D eigenvalue weighted by Gasteiger charge is -2.20. The zero-order chi connectivity index (χ0) is 18.7. The minimum absolute atomic E-state index is 0.0953. The zero-order valence-electron chi connectivity index (χ0n) is 14.3. The summed E-state index contributed by atoms with van der Waals surface area (Å²) < 4.78 is 27.3. The number of benzene rings is 2. The van der Waals surface area contributed by atoms with Gasteiger partial charge in [-0.1, -0.05) is 35.9 Å². The molecule has 2 aromatic carbocycles. The number of carbonyl (C=O) groups excluding carboxylic acids is 1. The van der Waals surface area contributed by atoms with E-state index in [9.17, 15) is 13.2 Å². The zero-order valence-corrected chi connectivity index (χ0v) is 15.9. The minimum atomic E-state index is -3.66. The van der Waals surface area contributed by atoms with Gasteiger partial charge >= 0.3 is 0 Å². The van der Waals surface area contributed by atoms with Crippen LogP contribution >= 0.6 is 11.6 Å². The van der Waals surface area contributed by atoms with Gasteiger partial charge in [-0.15, -0.1) is 0 Å². The number of anilines is 1. The van der Waals surface area contributed by atoms with Crippen molar-refractivity contribution < 1.29 is 13.2 Å². The van der Waals surface area contributed by atoms with Gasteiger partial charge in [0.25, 0.3) is 0 Å². The molecule has 0 aliphatic heterocycles. The van der Waals surface area contributed by atoms with Crippen LogP contribution in [0.15, 0.2) is 53.4 Å². The van der Waals surface area contributed by atoms with Crippen LogP contribution in [0.2, 0.25) is 5.02 Å². The molecule has 25 heavy (non-hydrogen) atoms. The second-order valence-electron chi connectivity index (χ2n) is 6.70. The summed E-state index contributed by atoms with van der Waals surface area (Å²) in [6, 6.07) is 13.2. The lowest BCUT2D eigenvalue weighted by Crippen LogP contribution is -2.40. The molecule has 134 valence electrons. The summed E-state index contributed by atoms with van der Waals surface area (Å²) in [5.41, 5.74) is 0.524. The van der Waals surface area contributed by atoms with E-state index in [0.717, 1.165) is 0 Å². The molecule has 0 saturated carbocycles. The van der Waals surface area contributed by atoms with E-state index < -0.39 is 15.6 Å². The predicted octanol–water partition coefficient (Wildman–Crippen LogP) is 3.60. The molecule has 0 spiro atoms. The maximum Gasteiger partial charge on any atom is 0.241 e. The van der Waals surface area contributed by atoms with Crippen molar-refractivity contribution in [2.75, 3.05) is 5.32 Å². The number of nitrogens with one attached hydrogen (secondary N) is 2. The number of sulfonamides is 1. The summed E-state index contributed by atoms with van der Waals surface area (Å²) in [5.74, 6) is -0.272. The summed E-state index contributed by atoms with van der Waals surface area (Å²) in [7, 11) is -3.66. The van der Waals surface area contributed by atoms with Crippen molar-refractivity contribution in [3.05, 3.63) is 59.1 Å². The fourth-order valence-corrected chi connectivity index (χ4v) is 3.89. The van der Waals surface area contributed by atoms with Crippen molar-refractivity contribution in [3.8, 4) is 0 Å². The Bertz CT molecular complexity index is 874. The van der Waals surface area contributed by atoms with Gasteiger partial charge in [0, 0.05) is 16.2 Å². The molecule has 0 aliphatic rings. The van der Waals surface area contributed by atoms with Gasteiger partial charge in [-0.05, 0) is 50.6 Å². The van der Waals surface area contributed by atoms with Gasteiger partial charge in [0.2, 0.25) is 15.9 Å². The van der Waals surface area contributed by atoms with Gasteiger partial charge in [0.1, 0.15) is 0 Å². The van der Waals surface area contributed by atoms with Crippen molar-refractivity contribution in [2.45, 2.75) is 37.6 Å². The summed E-state index contributed by atoms with van der Waals surface area (Å²) in [5, 5.41) is 3.22. The SMILES string of the molecule is CC(C)(C)NS(=O)(=O)c1cccc(NC(=O)Cc2ccccc2Cl)c1. The van der Waals surface area contributed by atoms with Gasteiger partial charge in [-0.2, -0.15) is 0 Å². The van der Waals surface area contributed by atoms with Gasteiger partial charge in [-0.3, -0.25) is 4.79 Å². The minimum Gasteiger partial charge on any atom is -0.326 e. The van der Waals surface area contributed by atoms with Crippen molar-refractivity contribution in [1.82, 2.24) is 4.72 Å². The fourth-order valence-electron chi connectivity index (χ4n) is 2.22. The predicted molar refractivity (Wildman–Crippen MR) is 100 cm³/mol. The van der Waals surface area contributed by atoms with Crippen LogP contribution in [0.25, 0.3) is 0 Å². The van der Waals surface area contributed by atoms with E-state index in [1.807, 2.05) is 0 Å². The molecule has 2 rings (SSSR count). The van der Waals surface area contributed by atoms with E-state index in [1.165, 1.54) is 12.1 Å². The van der Waals surface area contributed by atoms with Gasteiger partial charge in [0.15, 0.2) is 0 Å². The quantitative estimate of drug-likeness (QED) is 0.832. The van der Waals surface area contributed by atoms with E-state index in [-0.39, 0.29) is 17.2 Å². The molecule has 1 amide bonds. The fraction of sp³-hybridized carbons (Fsp3) is 0.278. The molecule has 7 heteroatoms. The number of hydrogen-bond donors (Lipinski definition) is 2. The molecule has 0 radical (unpaired) electrons. The highest BCUT2D eigenvalue weighted by atomic mass is 35.5. The number of amides is 1. The van der Waals surface area contributed by atoms with Gasteiger partial charge in [-0.25, -0.2) is 13.1 Å². The normalized spacial score (nSPS) is 12.0. The molecular weight excluding hydrogens is 360 g/mol. The van der Waals surface area contributed by atoms with E-state index in [2.05, 4.69) is 10.0 Å². The van der Waals surface area contributed by atoms with E-state index >= 15 is 0 Å². The van der Waals surface area contributed by atoms with Crippen LogP contribution in [-0.2, 0) is 21.2 Å². The summed E-state index contributed by atoms with van der Waals surface area (Å²) in [6.07, 6.45) is 0.108. The summed E-state index contributed by atoms with van der Waals surface area (Å²) in [4.78, 5) is 12.3. The monoisotopic (exact) mass is 380 g/mol. The number of halogens is 1. The molecule has 0 saturated heterocycles. The average Bonchev–Trinajstić information content (AvgIpc) is 2.47. The van der Waals surface area contributed by atoms with Gasteiger partial charge in [0.05, 0.1) is 11.3 Å². The Morgan fingerprint density at radius 1 is 1.08 bits per heavy atom. The Morgan fingerprint density at radius 3 is 2.40 bits per heavy atom. The summed E-state index contributed by atoms with van der Waals surface area (Å²) >= 11 is 6.05. The Kier molecular flexibility index (Phi) is 5.87. The molecule has 0 atom stereocenters. The smallest absolute Gasteiger partial charge is 0.241 e. The molecule has 0 aromatic heterocycles. The third-order valence-corrected chi connectivity index (χ3v) is 5.30. The molecule has 0 unspecified atom stereocenters. The second kappa shape index (κ2) is 7.56. The van der Waals surface area contributed by atoms with E-state index in [4.69, 9.17) is 11.6 Å². The van der Waals surface area contributed by atoms with Crippen molar-refractivity contribution in [3.63, 3.8) is 0 Å². The second-order valence-corrected chi connectivity index (χ2v) is 8.79. The topological polar surface area (TPSA) is 75.3 Å². The largest absolute Gasteiger partial charge is 0.326 e. The summed E-state index contributed by atoms with van der Waals surface area (Å²) in [6.45, 7) is 5.29. The number of rotatable bonds is 5.